The number of rotatable bonds is 8. The van der Waals surface area contributed by atoms with Crippen molar-refractivity contribution < 1.29 is 4.79 Å². The third-order valence-electron chi connectivity index (χ3n) is 2.54. The number of carbonyl (C=O) groups excluding carboxylic acids is 1. The van der Waals surface area contributed by atoms with Gasteiger partial charge in [0.2, 0.25) is 5.91 Å². The van der Waals surface area contributed by atoms with Gasteiger partial charge >= 0.3 is 0 Å². The van der Waals surface area contributed by atoms with Crippen molar-refractivity contribution in [1.82, 2.24) is 5.32 Å². The lowest BCUT2D eigenvalue weighted by molar-refractivity contribution is -0.123. The van der Waals surface area contributed by atoms with Crippen molar-refractivity contribution in [2.45, 2.75) is 52.1 Å². The molecule has 3 N–H and O–H groups in total. The summed E-state index contributed by atoms with van der Waals surface area (Å²) in [5.74, 6) is 1.62. The summed E-state index contributed by atoms with van der Waals surface area (Å²) in [6.07, 6.45) is 4.94. The fourth-order valence-electron chi connectivity index (χ4n) is 1.38. The average Bonchev–Trinajstić information content (AvgIpc) is 2.22. The zero-order chi connectivity index (χ0) is 12.6. The van der Waals surface area contributed by atoms with Crippen LogP contribution in [0.25, 0.3) is 0 Å². The Morgan fingerprint density at radius 1 is 1.25 bits per heavy atom. The molecular weight excluding hydrogens is 220 g/mol. The molecule has 0 saturated heterocycles. The van der Waals surface area contributed by atoms with Gasteiger partial charge in [0, 0.05) is 6.04 Å². The Bertz CT molecular complexity index is 197. The molecule has 0 aromatic carbocycles. The van der Waals surface area contributed by atoms with E-state index in [1.54, 1.807) is 11.8 Å². The van der Waals surface area contributed by atoms with Crippen LogP contribution in [0.3, 0.4) is 0 Å². The fraction of sp³-hybridized carbons (Fsp3) is 0.917. The molecule has 0 aliphatic heterocycles. The summed E-state index contributed by atoms with van der Waals surface area (Å²) in [7, 11) is 0. The Morgan fingerprint density at radius 2 is 1.88 bits per heavy atom. The molecule has 0 saturated carbocycles. The maximum absolute atomic E-state index is 11.7. The molecule has 0 heterocycles. The number of hydrogen-bond donors (Lipinski definition) is 2. The predicted molar refractivity (Wildman–Crippen MR) is 72.7 cm³/mol. The monoisotopic (exact) mass is 246 g/mol. The summed E-state index contributed by atoms with van der Waals surface area (Å²) >= 11 is 1.72. The van der Waals surface area contributed by atoms with E-state index in [0.29, 0.717) is 5.92 Å². The topological polar surface area (TPSA) is 55.1 Å². The predicted octanol–water partition coefficient (Wildman–Crippen LogP) is 2.01. The number of hydrogen-bond acceptors (Lipinski definition) is 3. The Balaban J connectivity index is 3.76. The van der Waals surface area contributed by atoms with Gasteiger partial charge in [0.1, 0.15) is 0 Å². The second-order valence-electron chi connectivity index (χ2n) is 4.77. The van der Waals surface area contributed by atoms with E-state index in [1.807, 2.05) is 13.2 Å². The lowest BCUT2D eigenvalue weighted by atomic mass is 10.0. The molecule has 0 aromatic rings. The Hall–Kier alpha value is -0.220. The zero-order valence-electron chi connectivity index (χ0n) is 11.0. The van der Waals surface area contributed by atoms with Gasteiger partial charge in [0.05, 0.1) is 6.04 Å². The van der Waals surface area contributed by atoms with Crippen molar-refractivity contribution in [3.05, 3.63) is 0 Å². The Morgan fingerprint density at radius 3 is 2.38 bits per heavy atom. The van der Waals surface area contributed by atoms with E-state index in [-0.39, 0.29) is 18.0 Å². The lowest BCUT2D eigenvalue weighted by Gasteiger charge is -2.18. The maximum Gasteiger partial charge on any atom is 0.237 e. The highest BCUT2D eigenvalue weighted by atomic mass is 32.2. The molecule has 0 fully saturated rings. The molecular formula is C12H26N2OS. The van der Waals surface area contributed by atoms with Crippen LogP contribution in [0.1, 0.15) is 40.0 Å². The molecule has 0 aliphatic carbocycles. The zero-order valence-corrected chi connectivity index (χ0v) is 11.8. The third kappa shape index (κ3) is 7.99. The summed E-state index contributed by atoms with van der Waals surface area (Å²) < 4.78 is 0. The van der Waals surface area contributed by atoms with E-state index >= 15 is 0 Å². The van der Waals surface area contributed by atoms with Gasteiger partial charge in [-0.1, -0.05) is 13.8 Å². The van der Waals surface area contributed by atoms with Crippen LogP contribution in [0.5, 0.6) is 0 Å². The number of carbonyl (C=O) groups is 1. The van der Waals surface area contributed by atoms with Crippen LogP contribution in [0.2, 0.25) is 0 Å². The first-order chi connectivity index (χ1) is 7.47. The van der Waals surface area contributed by atoms with Crippen molar-refractivity contribution >= 4 is 17.7 Å². The van der Waals surface area contributed by atoms with Crippen molar-refractivity contribution in [1.29, 1.82) is 0 Å². The summed E-state index contributed by atoms with van der Waals surface area (Å²) in [6.45, 7) is 6.43. The fourth-order valence-corrected chi connectivity index (χ4v) is 1.87. The molecule has 16 heavy (non-hydrogen) atoms. The van der Waals surface area contributed by atoms with Crippen molar-refractivity contribution in [2.75, 3.05) is 12.0 Å². The van der Waals surface area contributed by atoms with Crippen molar-refractivity contribution in [3.8, 4) is 0 Å². The summed E-state index contributed by atoms with van der Waals surface area (Å²) in [5, 5.41) is 2.97. The Kier molecular flexibility index (Phi) is 8.76. The highest BCUT2D eigenvalue weighted by molar-refractivity contribution is 7.98. The van der Waals surface area contributed by atoms with Crippen LogP contribution in [0, 0.1) is 5.92 Å². The maximum atomic E-state index is 11.7. The Labute approximate surface area is 104 Å². The van der Waals surface area contributed by atoms with E-state index in [1.165, 1.54) is 0 Å². The molecule has 1 unspecified atom stereocenters. The SMILES string of the molecule is CSCC[C@@H](N)C(=O)NC(C)CCC(C)C. The van der Waals surface area contributed by atoms with Crippen LogP contribution < -0.4 is 11.1 Å². The van der Waals surface area contributed by atoms with Crippen molar-refractivity contribution in [3.63, 3.8) is 0 Å². The number of nitrogens with one attached hydrogen (secondary N) is 1. The van der Waals surface area contributed by atoms with Crippen LogP contribution in [-0.4, -0.2) is 30.0 Å². The van der Waals surface area contributed by atoms with Crippen LogP contribution >= 0.6 is 11.8 Å². The first kappa shape index (κ1) is 15.8. The average molecular weight is 246 g/mol. The largest absolute Gasteiger partial charge is 0.352 e. The minimum atomic E-state index is -0.353. The van der Waals surface area contributed by atoms with E-state index in [2.05, 4.69) is 19.2 Å². The van der Waals surface area contributed by atoms with Gasteiger partial charge in [-0.15, -0.1) is 0 Å². The minimum Gasteiger partial charge on any atom is -0.352 e. The van der Waals surface area contributed by atoms with Crippen LogP contribution in [0.15, 0.2) is 0 Å². The van der Waals surface area contributed by atoms with Gasteiger partial charge in [0.25, 0.3) is 0 Å². The molecule has 4 heteroatoms. The standard InChI is InChI=1S/C12H26N2OS/c1-9(2)5-6-10(3)14-12(15)11(13)7-8-16-4/h9-11H,5-8,13H2,1-4H3,(H,14,15)/t10?,11-/m1/s1. The first-order valence-electron chi connectivity index (χ1n) is 6.02. The summed E-state index contributed by atoms with van der Waals surface area (Å²) in [5.41, 5.74) is 5.78. The molecule has 1 amide bonds. The molecule has 0 rings (SSSR count). The van der Waals surface area contributed by atoms with Gasteiger partial charge < -0.3 is 11.1 Å². The van der Waals surface area contributed by atoms with E-state index in [0.717, 1.165) is 25.0 Å². The van der Waals surface area contributed by atoms with E-state index < -0.39 is 0 Å². The highest BCUT2D eigenvalue weighted by Gasteiger charge is 2.15. The number of thioether (sulfide) groups is 1. The molecule has 0 aliphatic rings. The molecule has 0 spiro atoms. The second-order valence-corrected chi connectivity index (χ2v) is 5.75. The number of nitrogens with two attached hydrogens (primary N) is 1. The smallest absolute Gasteiger partial charge is 0.237 e. The van der Waals surface area contributed by atoms with Gasteiger partial charge in [0.15, 0.2) is 0 Å². The molecule has 0 bridgehead atoms. The van der Waals surface area contributed by atoms with Gasteiger partial charge in [-0.3, -0.25) is 4.79 Å². The minimum absolute atomic E-state index is 0.00898. The molecule has 0 radical (unpaired) electrons. The summed E-state index contributed by atoms with van der Waals surface area (Å²) in [6, 6.07) is -0.121. The van der Waals surface area contributed by atoms with E-state index in [9.17, 15) is 4.79 Å². The molecule has 96 valence electrons. The second kappa shape index (κ2) is 8.88. The van der Waals surface area contributed by atoms with Crippen LogP contribution in [0.4, 0.5) is 0 Å². The summed E-state index contributed by atoms with van der Waals surface area (Å²) in [4.78, 5) is 11.7. The molecule has 3 nitrogen and oxygen atoms in total. The van der Waals surface area contributed by atoms with Crippen LogP contribution in [-0.2, 0) is 4.79 Å². The quantitative estimate of drug-likeness (QED) is 0.689. The third-order valence-corrected chi connectivity index (χ3v) is 3.18. The lowest BCUT2D eigenvalue weighted by Crippen LogP contribution is -2.44. The molecule has 0 aromatic heterocycles. The van der Waals surface area contributed by atoms with Gasteiger partial charge in [-0.2, -0.15) is 11.8 Å². The van der Waals surface area contributed by atoms with E-state index in [4.69, 9.17) is 5.73 Å². The highest BCUT2D eigenvalue weighted by Crippen LogP contribution is 2.07. The molecule has 2 atom stereocenters. The van der Waals surface area contributed by atoms with Gasteiger partial charge in [-0.05, 0) is 44.1 Å². The van der Waals surface area contributed by atoms with Gasteiger partial charge in [-0.25, -0.2) is 0 Å². The normalized spacial score (nSPS) is 14.9. The van der Waals surface area contributed by atoms with Crippen molar-refractivity contribution in [2.24, 2.45) is 11.7 Å². The number of amides is 1. The first-order valence-corrected chi connectivity index (χ1v) is 7.41.